The van der Waals surface area contributed by atoms with Crippen molar-refractivity contribution in [3.8, 4) is 0 Å². The summed E-state index contributed by atoms with van der Waals surface area (Å²) in [6, 6.07) is 3.53. The Morgan fingerprint density at radius 2 is 1.76 bits per heavy atom. The lowest BCUT2D eigenvalue weighted by atomic mass is 10.0. The number of benzene rings is 1. The fourth-order valence-corrected chi connectivity index (χ4v) is 2.67. The Kier molecular flexibility index (Phi) is 5.20. The zero-order valence-corrected chi connectivity index (χ0v) is 13.4. The zero-order chi connectivity index (χ0) is 15.6. The van der Waals surface area contributed by atoms with E-state index < -0.39 is 11.6 Å². The van der Waals surface area contributed by atoms with Crippen molar-refractivity contribution in [2.75, 3.05) is 11.9 Å². The molecule has 0 radical (unpaired) electrons. The van der Waals surface area contributed by atoms with Crippen LogP contribution in [-0.4, -0.2) is 19.1 Å². The van der Waals surface area contributed by atoms with Crippen LogP contribution in [0.15, 0.2) is 12.1 Å². The smallest absolute Gasteiger partial charge is 0.149 e. The molecule has 1 fully saturated rings. The highest BCUT2D eigenvalue weighted by Crippen LogP contribution is 2.27. The fourth-order valence-electron chi connectivity index (χ4n) is 2.67. The number of rotatable bonds is 7. The SMILES string of the molecule is CC(C)CC(C)N(C)c1c(F)cc(CNC2CC2)cc1F. The molecule has 1 aromatic carbocycles. The second-order valence-corrected chi connectivity index (χ2v) is 6.65. The molecule has 0 heterocycles. The first kappa shape index (κ1) is 16.2. The fraction of sp³-hybridized carbons (Fsp3) is 0.647. The van der Waals surface area contributed by atoms with Gasteiger partial charge in [-0.1, -0.05) is 13.8 Å². The largest absolute Gasteiger partial charge is 0.367 e. The van der Waals surface area contributed by atoms with E-state index in [0.717, 1.165) is 6.42 Å². The lowest BCUT2D eigenvalue weighted by Gasteiger charge is -2.29. The van der Waals surface area contributed by atoms with Crippen LogP contribution in [0.4, 0.5) is 14.5 Å². The van der Waals surface area contributed by atoms with E-state index in [-0.39, 0.29) is 11.7 Å². The summed E-state index contributed by atoms with van der Waals surface area (Å²) in [5, 5.41) is 3.28. The van der Waals surface area contributed by atoms with Gasteiger partial charge in [0.2, 0.25) is 0 Å². The second kappa shape index (κ2) is 6.73. The molecule has 0 aliphatic heterocycles. The van der Waals surface area contributed by atoms with Crippen LogP contribution in [0, 0.1) is 17.6 Å². The van der Waals surface area contributed by atoms with E-state index in [9.17, 15) is 8.78 Å². The minimum absolute atomic E-state index is 0.0818. The van der Waals surface area contributed by atoms with Crippen LogP contribution in [0.5, 0.6) is 0 Å². The molecule has 1 aliphatic carbocycles. The molecule has 21 heavy (non-hydrogen) atoms. The third-order valence-corrected chi connectivity index (χ3v) is 4.08. The summed E-state index contributed by atoms with van der Waals surface area (Å²) < 4.78 is 28.6. The Bertz CT molecular complexity index is 461. The lowest BCUT2D eigenvalue weighted by Crippen LogP contribution is -2.31. The van der Waals surface area contributed by atoms with Gasteiger partial charge in [-0.05, 0) is 49.8 Å². The van der Waals surface area contributed by atoms with E-state index in [2.05, 4.69) is 19.2 Å². The molecular weight excluding hydrogens is 270 g/mol. The molecule has 1 N–H and O–H groups in total. The Labute approximate surface area is 126 Å². The summed E-state index contributed by atoms with van der Waals surface area (Å²) in [7, 11) is 1.76. The molecule has 1 atom stereocenters. The van der Waals surface area contributed by atoms with E-state index in [4.69, 9.17) is 0 Å². The lowest BCUT2D eigenvalue weighted by molar-refractivity contribution is 0.488. The Morgan fingerprint density at radius 3 is 2.24 bits per heavy atom. The van der Waals surface area contributed by atoms with Gasteiger partial charge in [-0.3, -0.25) is 0 Å². The van der Waals surface area contributed by atoms with Gasteiger partial charge in [-0.25, -0.2) is 8.78 Å². The molecule has 1 aromatic rings. The minimum Gasteiger partial charge on any atom is -0.367 e. The molecule has 0 amide bonds. The first-order chi connectivity index (χ1) is 9.88. The zero-order valence-electron chi connectivity index (χ0n) is 13.4. The van der Waals surface area contributed by atoms with E-state index in [0.29, 0.717) is 24.1 Å². The van der Waals surface area contributed by atoms with Crippen LogP contribution in [0.3, 0.4) is 0 Å². The summed E-state index contributed by atoms with van der Waals surface area (Å²) in [4.78, 5) is 1.71. The number of anilines is 1. The molecule has 0 bridgehead atoms. The molecule has 0 spiro atoms. The molecule has 2 nitrogen and oxygen atoms in total. The molecule has 1 saturated carbocycles. The standard InChI is InChI=1S/C17H26F2N2/c1-11(2)7-12(3)21(4)17-15(18)8-13(9-16(17)19)10-20-14-5-6-14/h8-9,11-12,14,20H,5-7,10H2,1-4H3. The molecule has 2 rings (SSSR count). The van der Waals surface area contributed by atoms with Gasteiger partial charge in [0.1, 0.15) is 17.3 Å². The van der Waals surface area contributed by atoms with E-state index in [1.807, 2.05) is 6.92 Å². The number of nitrogens with one attached hydrogen (secondary N) is 1. The van der Waals surface area contributed by atoms with Crippen LogP contribution in [0.1, 0.15) is 45.6 Å². The first-order valence-electron chi connectivity index (χ1n) is 7.82. The van der Waals surface area contributed by atoms with Gasteiger partial charge < -0.3 is 10.2 Å². The number of halogens is 2. The first-order valence-corrected chi connectivity index (χ1v) is 7.82. The van der Waals surface area contributed by atoms with E-state index in [1.165, 1.54) is 25.0 Å². The molecule has 4 heteroatoms. The van der Waals surface area contributed by atoms with Crippen molar-refractivity contribution in [1.82, 2.24) is 5.32 Å². The van der Waals surface area contributed by atoms with Crippen LogP contribution >= 0.6 is 0 Å². The summed E-state index contributed by atoms with van der Waals surface area (Å²) >= 11 is 0. The topological polar surface area (TPSA) is 15.3 Å². The maximum absolute atomic E-state index is 14.3. The second-order valence-electron chi connectivity index (χ2n) is 6.65. The summed E-state index contributed by atoms with van der Waals surface area (Å²) in [6.45, 7) is 6.76. The van der Waals surface area contributed by atoms with E-state index >= 15 is 0 Å². The number of hydrogen-bond donors (Lipinski definition) is 1. The Balaban J connectivity index is 2.11. The van der Waals surface area contributed by atoms with Crippen molar-refractivity contribution in [2.24, 2.45) is 5.92 Å². The molecule has 0 saturated heterocycles. The number of hydrogen-bond acceptors (Lipinski definition) is 2. The third-order valence-electron chi connectivity index (χ3n) is 4.08. The van der Waals surface area contributed by atoms with Crippen LogP contribution in [-0.2, 0) is 6.54 Å². The van der Waals surface area contributed by atoms with Gasteiger partial charge >= 0.3 is 0 Å². The highest BCUT2D eigenvalue weighted by Gasteiger charge is 2.22. The Hall–Kier alpha value is -1.16. The van der Waals surface area contributed by atoms with Gasteiger partial charge in [0, 0.05) is 25.7 Å². The monoisotopic (exact) mass is 296 g/mol. The maximum atomic E-state index is 14.3. The summed E-state index contributed by atoms with van der Waals surface area (Å²) in [5.74, 6) is -0.447. The summed E-state index contributed by atoms with van der Waals surface area (Å²) in [5.41, 5.74) is 0.754. The normalized spacial score (nSPS) is 16.3. The summed E-state index contributed by atoms with van der Waals surface area (Å²) in [6.07, 6.45) is 3.23. The van der Waals surface area contributed by atoms with E-state index in [1.54, 1.807) is 11.9 Å². The maximum Gasteiger partial charge on any atom is 0.149 e. The average Bonchev–Trinajstić information content (AvgIpc) is 3.18. The minimum atomic E-state index is -0.472. The molecular formula is C17H26F2N2. The predicted molar refractivity (Wildman–Crippen MR) is 83.5 cm³/mol. The molecule has 1 unspecified atom stereocenters. The quantitative estimate of drug-likeness (QED) is 0.815. The van der Waals surface area contributed by atoms with Crippen molar-refractivity contribution in [3.05, 3.63) is 29.3 Å². The van der Waals surface area contributed by atoms with Crippen molar-refractivity contribution >= 4 is 5.69 Å². The molecule has 118 valence electrons. The molecule has 1 aliphatic rings. The third kappa shape index (κ3) is 4.40. The van der Waals surface area contributed by atoms with Gasteiger partial charge in [0.05, 0.1) is 0 Å². The highest BCUT2D eigenvalue weighted by molar-refractivity contribution is 5.50. The molecule has 0 aromatic heterocycles. The highest BCUT2D eigenvalue weighted by atomic mass is 19.1. The number of nitrogens with zero attached hydrogens (tertiary/aromatic N) is 1. The van der Waals surface area contributed by atoms with Crippen LogP contribution in [0.2, 0.25) is 0 Å². The Morgan fingerprint density at radius 1 is 1.19 bits per heavy atom. The van der Waals surface area contributed by atoms with Crippen molar-refractivity contribution < 1.29 is 8.78 Å². The van der Waals surface area contributed by atoms with Crippen molar-refractivity contribution in [2.45, 2.75) is 58.7 Å². The van der Waals surface area contributed by atoms with Crippen molar-refractivity contribution in [1.29, 1.82) is 0 Å². The van der Waals surface area contributed by atoms with Crippen LogP contribution in [0.25, 0.3) is 0 Å². The predicted octanol–water partition coefficient (Wildman–Crippen LogP) is 4.09. The van der Waals surface area contributed by atoms with Gasteiger partial charge in [-0.15, -0.1) is 0 Å². The van der Waals surface area contributed by atoms with Crippen LogP contribution < -0.4 is 10.2 Å². The van der Waals surface area contributed by atoms with Gasteiger partial charge in [0.25, 0.3) is 0 Å². The van der Waals surface area contributed by atoms with Gasteiger partial charge in [-0.2, -0.15) is 0 Å². The van der Waals surface area contributed by atoms with Crippen molar-refractivity contribution in [3.63, 3.8) is 0 Å². The van der Waals surface area contributed by atoms with Gasteiger partial charge in [0.15, 0.2) is 0 Å². The average molecular weight is 296 g/mol.